The Bertz CT molecular complexity index is 1060. The van der Waals surface area contributed by atoms with Crippen molar-refractivity contribution >= 4 is 17.0 Å². The van der Waals surface area contributed by atoms with Crippen LogP contribution >= 0.6 is 11.3 Å². The lowest BCUT2D eigenvalue weighted by Crippen LogP contribution is -2.14. The number of alkyl halides is 3. The van der Waals surface area contributed by atoms with Crippen LogP contribution in [-0.4, -0.2) is 27.0 Å². The van der Waals surface area contributed by atoms with Crippen molar-refractivity contribution in [3.63, 3.8) is 0 Å². The minimum Gasteiger partial charge on any atom is -0.480 e. The van der Waals surface area contributed by atoms with Crippen molar-refractivity contribution in [3.05, 3.63) is 54.6 Å². The van der Waals surface area contributed by atoms with E-state index in [1.54, 1.807) is 5.38 Å². The quantitative estimate of drug-likeness (QED) is 0.411. The number of thiazole rings is 1. The van der Waals surface area contributed by atoms with Crippen LogP contribution in [0.25, 0.3) is 27.6 Å². The maximum absolute atomic E-state index is 13.8. The second kappa shape index (κ2) is 7.43. The van der Waals surface area contributed by atoms with Crippen LogP contribution in [0.3, 0.4) is 0 Å². The fourth-order valence-electron chi connectivity index (χ4n) is 2.35. The molecule has 0 fully saturated rings. The lowest BCUT2D eigenvalue weighted by atomic mass is 10.1. The first kappa shape index (κ1) is 19.5. The molecule has 0 N–H and O–H groups in total. The second-order valence-electron chi connectivity index (χ2n) is 5.30. The Labute approximate surface area is 160 Å². The highest BCUT2D eigenvalue weighted by Gasteiger charge is 2.40. The molecule has 0 amide bonds. The van der Waals surface area contributed by atoms with Gasteiger partial charge in [-0.25, -0.2) is 14.1 Å². The first-order chi connectivity index (χ1) is 13.3. The maximum atomic E-state index is 13.8. The summed E-state index contributed by atoms with van der Waals surface area (Å²) in [5, 5.41) is 9.23. The summed E-state index contributed by atoms with van der Waals surface area (Å²) >= 11 is 1.15. The molecule has 0 bridgehead atoms. The van der Waals surface area contributed by atoms with Crippen molar-refractivity contribution in [3.8, 4) is 27.8 Å². The summed E-state index contributed by atoms with van der Waals surface area (Å²) in [6.07, 6.45) is -1.02. The summed E-state index contributed by atoms with van der Waals surface area (Å²) in [6, 6.07) is 0. The van der Waals surface area contributed by atoms with E-state index in [4.69, 9.17) is 9.26 Å². The molecule has 0 aliphatic rings. The van der Waals surface area contributed by atoms with E-state index in [-0.39, 0.29) is 22.6 Å². The zero-order valence-electron chi connectivity index (χ0n) is 14.3. The van der Waals surface area contributed by atoms with Crippen LogP contribution in [0.15, 0.2) is 53.4 Å². The lowest BCUT2D eigenvalue weighted by Gasteiger charge is -2.12. The Balaban J connectivity index is 2.16. The van der Waals surface area contributed by atoms with Gasteiger partial charge in [-0.1, -0.05) is 18.3 Å². The van der Waals surface area contributed by atoms with E-state index in [1.165, 1.54) is 13.3 Å². The molecule has 0 spiro atoms. The summed E-state index contributed by atoms with van der Waals surface area (Å²) in [7, 11) is 1.42. The normalized spacial score (nSPS) is 12.2. The molecule has 0 aromatic carbocycles. The van der Waals surface area contributed by atoms with E-state index in [9.17, 15) is 17.6 Å². The SMILES string of the molecule is C=C/C(F)=C\C(=C)n1ncc(-c2oncc2-c2nc(OC)cs2)c1C(F)(F)F. The molecule has 3 rings (SSSR count). The molecule has 0 saturated carbocycles. The average molecular weight is 412 g/mol. The molecule has 0 aliphatic carbocycles. The van der Waals surface area contributed by atoms with Gasteiger partial charge in [-0.15, -0.1) is 11.3 Å². The molecule has 11 heteroatoms. The second-order valence-corrected chi connectivity index (χ2v) is 6.16. The fraction of sp³-hybridized carbons (Fsp3) is 0.118. The molecule has 0 atom stereocenters. The van der Waals surface area contributed by atoms with Gasteiger partial charge in [-0.2, -0.15) is 18.3 Å². The maximum Gasteiger partial charge on any atom is 0.434 e. The monoisotopic (exact) mass is 412 g/mol. The number of ether oxygens (including phenoxy) is 1. The van der Waals surface area contributed by atoms with Gasteiger partial charge < -0.3 is 9.26 Å². The summed E-state index contributed by atoms with van der Waals surface area (Å²) in [4.78, 5) is 4.14. The molecule has 6 nitrogen and oxygen atoms in total. The molecule has 0 aliphatic heterocycles. The van der Waals surface area contributed by atoms with Crippen molar-refractivity contribution in [1.29, 1.82) is 0 Å². The van der Waals surface area contributed by atoms with Gasteiger partial charge in [0.25, 0.3) is 0 Å². The topological polar surface area (TPSA) is 66.0 Å². The largest absolute Gasteiger partial charge is 0.480 e. The van der Waals surface area contributed by atoms with Crippen LogP contribution in [0.5, 0.6) is 5.88 Å². The number of rotatable bonds is 6. The van der Waals surface area contributed by atoms with Crippen LogP contribution in [0.2, 0.25) is 0 Å². The van der Waals surface area contributed by atoms with Gasteiger partial charge in [0, 0.05) is 0 Å². The highest BCUT2D eigenvalue weighted by Crippen LogP contribution is 2.42. The fourth-order valence-corrected chi connectivity index (χ4v) is 3.12. The van der Waals surface area contributed by atoms with E-state index >= 15 is 0 Å². The first-order valence-electron chi connectivity index (χ1n) is 7.55. The van der Waals surface area contributed by atoms with Crippen LogP contribution in [0, 0.1) is 0 Å². The number of halogens is 4. The molecule has 146 valence electrons. The van der Waals surface area contributed by atoms with E-state index in [0.29, 0.717) is 15.6 Å². The van der Waals surface area contributed by atoms with Gasteiger partial charge >= 0.3 is 6.18 Å². The number of nitrogens with zero attached hydrogens (tertiary/aromatic N) is 4. The van der Waals surface area contributed by atoms with Gasteiger partial charge in [0.2, 0.25) is 5.88 Å². The van der Waals surface area contributed by atoms with E-state index < -0.39 is 17.7 Å². The first-order valence-corrected chi connectivity index (χ1v) is 8.43. The molecular formula is C17H12F4N4O2S. The Morgan fingerprint density at radius 1 is 1.32 bits per heavy atom. The highest BCUT2D eigenvalue weighted by atomic mass is 32.1. The Kier molecular flexibility index (Phi) is 5.18. The standard InChI is InChI=1S/C17H12F4N4O2S/c1-4-10(18)5-9(2)25-15(17(19,20)21)11(6-22-25)14-12(7-23-27-14)16-24-13(26-3)8-28-16/h4-8H,1-2H2,3H3/b10-5+. The molecule has 3 aromatic heterocycles. The van der Waals surface area contributed by atoms with Crippen molar-refractivity contribution in [1.82, 2.24) is 19.9 Å². The molecule has 3 heterocycles. The smallest absolute Gasteiger partial charge is 0.434 e. The average Bonchev–Trinajstić information content (AvgIpc) is 3.37. The zero-order chi connectivity index (χ0) is 20.5. The molecule has 0 saturated heterocycles. The Morgan fingerprint density at radius 3 is 2.68 bits per heavy atom. The molecular weight excluding hydrogens is 400 g/mol. The summed E-state index contributed by atoms with van der Waals surface area (Å²) in [6.45, 7) is 6.64. The van der Waals surface area contributed by atoms with Gasteiger partial charge in [0.05, 0.1) is 41.7 Å². The van der Waals surface area contributed by atoms with Gasteiger partial charge in [-0.05, 0) is 12.2 Å². The van der Waals surface area contributed by atoms with Gasteiger partial charge in [0.15, 0.2) is 11.5 Å². The van der Waals surface area contributed by atoms with Crippen molar-refractivity contribution in [2.24, 2.45) is 0 Å². The number of methoxy groups -OCH3 is 1. The Hall–Kier alpha value is -3.21. The van der Waals surface area contributed by atoms with Crippen LogP contribution < -0.4 is 4.74 Å². The molecule has 3 aromatic rings. The minimum absolute atomic E-state index is 0.184. The predicted octanol–water partition coefficient (Wildman–Crippen LogP) is 5.20. The number of allylic oxidation sites excluding steroid dienone is 4. The van der Waals surface area contributed by atoms with E-state index in [0.717, 1.165) is 29.7 Å². The summed E-state index contributed by atoms with van der Waals surface area (Å²) < 4.78 is 65.3. The predicted molar refractivity (Wildman–Crippen MR) is 95.1 cm³/mol. The zero-order valence-corrected chi connectivity index (χ0v) is 15.1. The summed E-state index contributed by atoms with van der Waals surface area (Å²) in [5.74, 6) is -0.737. The lowest BCUT2D eigenvalue weighted by molar-refractivity contribution is -0.142. The molecule has 0 unspecified atom stereocenters. The third-order valence-corrected chi connectivity index (χ3v) is 4.40. The molecule has 0 radical (unpaired) electrons. The van der Waals surface area contributed by atoms with Gasteiger partial charge in [-0.3, -0.25) is 0 Å². The van der Waals surface area contributed by atoms with Crippen LogP contribution in [0.4, 0.5) is 17.6 Å². The van der Waals surface area contributed by atoms with Crippen molar-refractivity contribution in [2.75, 3.05) is 7.11 Å². The van der Waals surface area contributed by atoms with E-state index in [1.807, 2.05) is 0 Å². The number of aromatic nitrogens is 4. The van der Waals surface area contributed by atoms with Crippen LogP contribution in [0.1, 0.15) is 5.69 Å². The third-order valence-electron chi connectivity index (χ3n) is 3.55. The van der Waals surface area contributed by atoms with Crippen molar-refractivity contribution < 1.29 is 26.8 Å². The van der Waals surface area contributed by atoms with Gasteiger partial charge in [0.1, 0.15) is 10.8 Å². The molecule has 28 heavy (non-hydrogen) atoms. The highest BCUT2D eigenvalue weighted by molar-refractivity contribution is 7.13. The van der Waals surface area contributed by atoms with Crippen LogP contribution in [-0.2, 0) is 6.18 Å². The number of hydrogen-bond acceptors (Lipinski definition) is 6. The van der Waals surface area contributed by atoms with Crippen molar-refractivity contribution in [2.45, 2.75) is 6.18 Å². The number of hydrogen-bond donors (Lipinski definition) is 0. The van der Waals surface area contributed by atoms with E-state index in [2.05, 4.69) is 28.4 Å². The third kappa shape index (κ3) is 3.60. The summed E-state index contributed by atoms with van der Waals surface area (Å²) in [5.41, 5.74) is -1.68. The minimum atomic E-state index is -4.84. The Morgan fingerprint density at radius 2 is 2.07 bits per heavy atom.